The van der Waals surface area contributed by atoms with Gasteiger partial charge in [0.25, 0.3) is 0 Å². The van der Waals surface area contributed by atoms with Crippen molar-refractivity contribution in [1.82, 2.24) is 19.9 Å². The second-order valence-electron chi connectivity index (χ2n) is 6.95. The quantitative estimate of drug-likeness (QED) is 0.436. The van der Waals surface area contributed by atoms with Gasteiger partial charge in [0, 0.05) is 42.1 Å². The van der Waals surface area contributed by atoms with Crippen molar-refractivity contribution in [2.24, 2.45) is 0 Å². The third-order valence-electron chi connectivity index (χ3n) is 4.68. The molecule has 0 aliphatic heterocycles. The van der Waals surface area contributed by atoms with Gasteiger partial charge < -0.3 is 5.32 Å². The number of nitrogens with zero attached hydrogens (tertiary/aromatic N) is 4. The smallest absolute Gasteiger partial charge is 0.185 e. The van der Waals surface area contributed by atoms with Gasteiger partial charge >= 0.3 is 0 Å². The van der Waals surface area contributed by atoms with Crippen LogP contribution in [-0.4, -0.2) is 28.4 Å². The van der Waals surface area contributed by atoms with Crippen LogP contribution in [0.4, 0.5) is 20.4 Å². The summed E-state index contributed by atoms with van der Waals surface area (Å²) in [4.78, 5) is 16.1. The maximum absolute atomic E-state index is 14.1. The van der Waals surface area contributed by atoms with E-state index in [1.165, 1.54) is 0 Å². The predicted octanol–water partition coefficient (Wildman–Crippen LogP) is 4.24. The Hall–Kier alpha value is -3.79. The fourth-order valence-electron chi connectivity index (χ4n) is 3.07. The summed E-state index contributed by atoms with van der Waals surface area (Å²) in [7, 11) is -4.05. The number of rotatable bonds is 6. The molecule has 0 radical (unpaired) electrons. The molecule has 0 saturated carbocycles. The van der Waals surface area contributed by atoms with E-state index in [0.29, 0.717) is 34.5 Å². The Kier molecular flexibility index (Phi) is 5.87. The lowest BCUT2D eigenvalue weighted by Crippen LogP contribution is -2.09. The molecule has 0 atom stereocenters. The highest BCUT2D eigenvalue weighted by molar-refractivity contribution is 7.90. The average Bonchev–Trinajstić information content (AvgIpc) is 2.76. The standard InChI is InChI=1S/C22H17F2N5O2S/c1-14-17(13-32(30,31)20-3-2-18(23)10-19(20)24)8-16(11-28-14)15-4-5-26-21(9-15)29-22-12-25-6-7-27-22/h2-12H,13H2,1H3,(H,26,27,29). The van der Waals surface area contributed by atoms with Gasteiger partial charge in [-0.3, -0.25) is 9.97 Å². The summed E-state index contributed by atoms with van der Waals surface area (Å²) in [5.74, 6) is -1.40. The van der Waals surface area contributed by atoms with E-state index in [-0.39, 0.29) is 0 Å². The molecule has 1 aromatic carbocycles. The van der Waals surface area contributed by atoms with Gasteiger partial charge in [0.1, 0.15) is 28.2 Å². The Morgan fingerprint density at radius 2 is 1.69 bits per heavy atom. The molecule has 10 heteroatoms. The molecular weight excluding hydrogens is 436 g/mol. The molecule has 0 aliphatic carbocycles. The molecule has 162 valence electrons. The second kappa shape index (κ2) is 8.75. The summed E-state index contributed by atoms with van der Waals surface area (Å²) >= 11 is 0. The summed E-state index contributed by atoms with van der Waals surface area (Å²) in [6.07, 6.45) is 7.87. The first kappa shape index (κ1) is 21.4. The van der Waals surface area contributed by atoms with Crippen LogP contribution in [0.15, 0.2) is 72.3 Å². The fourth-order valence-corrected chi connectivity index (χ4v) is 4.55. The number of pyridine rings is 2. The summed E-state index contributed by atoms with van der Waals surface area (Å²) < 4.78 is 52.8. The molecule has 7 nitrogen and oxygen atoms in total. The molecule has 0 unspecified atom stereocenters. The molecule has 0 aliphatic rings. The van der Waals surface area contributed by atoms with E-state index in [9.17, 15) is 17.2 Å². The largest absolute Gasteiger partial charge is 0.324 e. The Morgan fingerprint density at radius 3 is 2.44 bits per heavy atom. The summed E-state index contributed by atoms with van der Waals surface area (Å²) in [5.41, 5.74) is 2.30. The minimum absolute atomic E-state index is 0.409. The Labute approximate surface area is 183 Å². The van der Waals surface area contributed by atoms with Gasteiger partial charge in [0.05, 0.1) is 11.9 Å². The number of sulfone groups is 1. The van der Waals surface area contributed by atoms with Gasteiger partial charge in [-0.2, -0.15) is 0 Å². The third kappa shape index (κ3) is 4.75. The van der Waals surface area contributed by atoms with E-state index < -0.39 is 32.1 Å². The van der Waals surface area contributed by atoms with Gasteiger partial charge in [0.15, 0.2) is 9.84 Å². The van der Waals surface area contributed by atoms with Crippen molar-refractivity contribution in [2.75, 3.05) is 5.32 Å². The molecule has 0 spiro atoms. The molecule has 32 heavy (non-hydrogen) atoms. The van der Waals surface area contributed by atoms with Crippen molar-refractivity contribution in [2.45, 2.75) is 17.6 Å². The Morgan fingerprint density at radius 1 is 0.875 bits per heavy atom. The number of hydrogen-bond acceptors (Lipinski definition) is 7. The van der Waals surface area contributed by atoms with Crippen LogP contribution in [0.5, 0.6) is 0 Å². The van der Waals surface area contributed by atoms with Crippen LogP contribution in [0.25, 0.3) is 11.1 Å². The molecule has 3 aromatic heterocycles. The molecule has 0 bridgehead atoms. The summed E-state index contributed by atoms with van der Waals surface area (Å²) in [5, 5.41) is 3.04. The zero-order valence-electron chi connectivity index (χ0n) is 16.8. The number of benzene rings is 1. The molecule has 0 saturated heterocycles. The van der Waals surface area contributed by atoms with E-state index in [2.05, 4.69) is 25.3 Å². The lowest BCUT2D eigenvalue weighted by molar-refractivity contribution is 0.548. The second-order valence-corrected chi connectivity index (χ2v) is 8.91. The van der Waals surface area contributed by atoms with Gasteiger partial charge in [-0.15, -0.1) is 0 Å². The van der Waals surface area contributed by atoms with E-state index in [1.54, 1.807) is 56.1 Å². The van der Waals surface area contributed by atoms with E-state index >= 15 is 0 Å². The molecular formula is C22H17F2N5O2S. The highest BCUT2D eigenvalue weighted by Crippen LogP contribution is 2.27. The molecule has 4 aromatic rings. The number of aromatic nitrogens is 4. The van der Waals surface area contributed by atoms with Gasteiger partial charge in [-0.25, -0.2) is 27.2 Å². The fraction of sp³-hybridized carbons (Fsp3) is 0.0909. The Balaban J connectivity index is 1.64. The molecule has 0 amide bonds. The van der Waals surface area contributed by atoms with E-state index in [0.717, 1.165) is 17.7 Å². The average molecular weight is 453 g/mol. The number of hydrogen-bond donors (Lipinski definition) is 1. The Bertz CT molecular complexity index is 1380. The lowest BCUT2D eigenvalue weighted by Gasteiger charge is -2.11. The van der Waals surface area contributed by atoms with Crippen molar-refractivity contribution < 1.29 is 17.2 Å². The minimum Gasteiger partial charge on any atom is -0.324 e. The zero-order chi connectivity index (χ0) is 22.7. The number of nitrogens with one attached hydrogen (secondary N) is 1. The minimum atomic E-state index is -4.05. The van der Waals surface area contributed by atoms with Crippen molar-refractivity contribution in [3.8, 4) is 11.1 Å². The van der Waals surface area contributed by atoms with Crippen LogP contribution in [-0.2, 0) is 15.6 Å². The van der Waals surface area contributed by atoms with E-state index in [4.69, 9.17) is 0 Å². The van der Waals surface area contributed by atoms with Gasteiger partial charge in [0.2, 0.25) is 0 Å². The molecule has 4 rings (SSSR count). The van der Waals surface area contributed by atoms with Gasteiger partial charge in [-0.1, -0.05) is 0 Å². The number of aryl methyl sites for hydroxylation is 1. The van der Waals surface area contributed by atoms with Crippen LogP contribution in [0, 0.1) is 18.6 Å². The van der Waals surface area contributed by atoms with Crippen molar-refractivity contribution in [3.05, 3.63) is 90.3 Å². The van der Waals surface area contributed by atoms with Crippen molar-refractivity contribution >= 4 is 21.5 Å². The SMILES string of the molecule is Cc1ncc(-c2ccnc(Nc3cnccn3)c2)cc1CS(=O)(=O)c1ccc(F)cc1F. The van der Waals surface area contributed by atoms with E-state index in [1.807, 2.05) is 0 Å². The number of halogens is 2. The molecule has 3 heterocycles. The van der Waals surface area contributed by atoms with Gasteiger partial charge in [-0.05, 0) is 48.4 Å². The first-order chi connectivity index (χ1) is 15.3. The maximum atomic E-state index is 14.1. The topological polar surface area (TPSA) is 97.7 Å². The first-order valence-corrected chi connectivity index (χ1v) is 11.1. The van der Waals surface area contributed by atoms with Crippen LogP contribution in [0.2, 0.25) is 0 Å². The zero-order valence-corrected chi connectivity index (χ0v) is 17.6. The molecule has 0 fully saturated rings. The normalized spacial score (nSPS) is 11.3. The summed E-state index contributed by atoms with van der Waals surface area (Å²) in [6, 6.07) is 7.60. The maximum Gasteiger partial charge on any atom is 0.185 e. The third-order valence-corrected chi connectivity index (χ3v) is 6.37. The first-order valence-electron chi connectivity index (χ1n) is 9.44. The van der Waals surface area contributed by atoms with Crippen LogP contribution in [0.3, 0.4) is 0 Å². The summed E-state index contributed by atoms with van der Waals surface area (Å²) in [6.45, 7) is 1.67. The van der Waals surface area contributed by atoms with Crippen LogP contribution < -0.4 is 5.32 Å². The van der Waals surface area contributed by atoms with Crippen LogP contribution in [0.1, 0.15) is 11.3 Å². The highest BCUT2D eigenvalue weighted by atomic mass is 32.2. The lowest BCUT2D eigenvalue weighted by atomic mass is 10.1. The molecule has 1 N–H and O–H groups in total. The van der Waals surface area contributed by atoms with Crippen molar-refractivity contribution in [1.29, 1.82) is 0 Å². The predicted molar refractivity (Wildman–Crippen MR) is 115 cm³/mol. The highest BCUT2D eigenvalue weighted by Gasteiger charge is 2.22. The number of anilines is 2. The monoisotopic (exact) mass is 453 g/mol. The van der Waals surface area contributed by atoms with Crippen molar-refractivity contribution in [3.63, 3.8) is 0 Å². The van der Waals surface area contributed by atoms with Crippen LogP contribution >= 0.6 is 0 Å².